The van der Waals surface area contributed by atoms with E-state index >= 15 is 0 Å². The molecule has 1 atom stereocenters. The lowest BCUT2D eigenvalue weighted by molar-refractivity contribution is -0.140. The molecule has 2 aromatic rings. The van der Waals surface area contributed by atoms with Gasteiger partial charge in [-0.15, -0.1) is 0 Å². The molecular weight excluding hydrogens is 362 g/mol. The van der Waals surface area contributed by atoms with Crippen LogP contribution in [0.5, 0.6) is 0 Å². The lowest BCUT2D eigenvalue weighted by Gasteiger charge is -2.48. The van der Waals surface area contributed by atoms with E-state index in [9.17, 15) is 4.79 Å². The SMILES string of the molecule is Cc1cnc(CN2C[C@@]3(CCCN(Cc4cccc(C#N)c4)C3)CCC2=O)cn1. The van der Waals surface area contributed by atoms with Gasteiger partial charge in [0.15, 0.2) is 0 Å². The predicted molar refractivity (Wildman–Crippen MR) is 110 cm³/mol. The Morgan fingerprint density at radius 2 is 2.07 bits per heavy atom. The first-order valence-electron chi connectivity index (χ1n) is 10.3. The van der Waals surface area contributed by atoms with Crippen molar-refractivity contribution in [2.75, 3.05) is 19.6 Å². The summed E-state index contributed by atoms with van der Waals surface area (Å²) >= 11 is 0. The first-order chi connectivity index (χ1) is 14.0. The summed E-state index contributed by atoms with van der Waals surface area (Å²) < 4.78 is 0. The molecule has 29 heavy (non-hydrogen) atoms. The molecule has 4 rings (SSSR count). The van der Waals surface area contributed by atoms with Crippen LogP contribution in [0.15, 0.2) is 36.7 Å². The molecule has 0 N–H and O–H groups in total. The zero-order valence-corrected chi connectivity index (χ0v) is 17.0. The summed E-state index contributed by atoms with van der Waals surface area (Å²) in [5.41, 5.74) is 3.78. The normalized spacial score (nSPS) is 22.6. The maximum absolute atomic E-state index is 12.6. The van der Waals surface area contributed by atoms with Crippen molar-refractivity contribution in [1.82, 2.24) is 19.8 Å². The number of aryl methyl sites for hydroxylation is 1. The summed E-state index contributed by atoms with van der Waals surface area (Å²) in [6.07, 6.45) is 7.40. The minimum atomic E-state index is 0.150. The third kappa shape index (κ3) is 4.63. The highest BCUT2D eigenvalue weighted by Crippen LogP contribution is 2.39. The number of aromatic nitrogens is 2. The van der Waals surface area contributed by atoms with Crippen molar-refractivity contribution in [3.63, 3.8) is 0 Å². The van der Waals surface area contributed by atoms with Crippen molar-refractivity contribution in [3.8, 4) is 6.07 Å². The molecule has 1 spiro atoms. The fourth-order valence-electron chi connectivity index (χ4n) is 4.72. The fraction of sp³-hybridized carbons (Fsp3) is 0.478. The summed E-state index contributed by atoms with van der Waals surface area (Å²) in [4.78, 5) is 25.8. The second kappa shape index (κ2) is 8.30. The van der Waals surface area contributed by atoms with Gasteiger partial charge in [0.1, 0.15) is 0 Å². The van der Waals surface area contributed by atoms with Crippen LogP contribution in [0, 0.1) is 23.7 Å². The number of benzene rings is 1. The van der Waals surface area contributed by atoms with E-state index in [0.717, 1.165) is 56.8 Å². The molecule has 2 saturated heterocycles. The maximum Gasteiger partial charge on any atom is 0.222 e. The van der Waals surface area contributed by atoms with Gasteiger partial charge in [-0.1, -0.05) is 12.1 Å². The third-order valence-electron chi connectivity index (χ3n) is 6.14. The molecule has 6 nitrogen and oxygen atoms in total. The van der Waals surface area contributed by atoms with E-state index < -0.39 is 0 Å². The van der Waals surface area contributed by atoms with Gasteiger partial charge in [-0.25, -0.2) is 0 Å². The molecule has 0 unspecified atom stereocenters. The van der Waals surface area contributed by atoms with Crippen molar-refractivity contribution in [2.45, 2.75) is 45.7 Å². The van der Waals surface area contributed by atoms with E-state index in [-0.39, 0.29) is 11.3 Å². The number of hydrogen-bond acceptors (Lipinski definition) is 5. The smallest absolute Gasteiger partial charge is 0.222 e. The van der Waals surface area contributed by atoms with Gasteiger partial charge in [-0.3, -0.25) is 19.7 Å². The number of likely N-dealkylation sites (tertiary alicyclic amines) is 2. The van der Waals surface area contributed by atoms with Gasteiger partial charge in [0.2, 0.25) is 5.91 Å². The molecule has 2 fully saturated rings. The van der Waals surface area contributed by atoms with Crippen molar-refractivity contribution < 1.29 is 4.79 Å². The highest BCUT2D eigenvalue weighted by Gasteiger charge is 2.41. The summed E-state index contributed by atoms with van der Waals surface area (Å²) in [7, 11) is 0. The number of carbonyl (C=O) groups excluding carboxylic acids is 1. The van der Waals surface area contributed by atoms with Crippen molar-refractivity contribution in [1.29, 1.82) is 5.26 Å². The quantitative estimate of drug-likeness (QED) is 0.804. The Morgan fingerprint density at radius 1 is 1.17 bits per heavy atom. The largest absolute Gasteiger partial charge is 0.336 e. The standard InChI is InChI=1S/C23H27N5O/c1-18-12-26-21(13-25-18)15-28-17-23(8-6-22(28)29)7-3-9-27(16-23)14-20-5-2-4-19(10-20)11-24/h2,4-5,10,12-13H,3,6-9,14-17H2,1H3/t23-/m0/s1. The van der Waals surface area contributed by atoms with Crippen LogP contribution in [0.4, 0.5) is 0 Å². The Morgan fingerprint density at radius 3 is 2.86 bits per heavy atom. The molecular formula is C23H27N5O. The second-order valence-electron chi connectivity index (χ2n) is 8.53. The molecule has 0 bridgehead atoms. The van der Waals surface area contributed by atoms with Crippen LogP contribution in [0.1, 0.15) is 48.2 Å². The molecule has 1 aromatic heterocycles. The average molecular weight is 390 g/mol. The Kier molecular flexibility index (Phi) is 5.59. The molecule has 150 valence electrons. The van der Waals surface area contributed by atoms with Crippen molar-refractivity contribution in [3.05, 3.63) is 59.2 Å². The van der Waals surface area contributed by atoms with Gasteiger partial charge < -0.3 is 4.90 Å². The minimum Gasteiger partial charge on any atom is -0.336 e. The van der Waals surface area contributed by atoms with Crippen LogP contribution >= 0.6 is 0 Å². The zero-order valence-electron chi connectivity index (χ0n) is 17.0. The molecule has 0 radical (unpaired) electrons. The second-order valence-corrected chi connectivity index (χ2v) is 8.53. The molecule has 6 heteroatoms. The van der Waals surface area contributed by atoms with E-state index in [1.165, 1.54) is 5.56 Å². The molecule has 1 amide bonds. The molecule has 0 saturated carbocycles. The third-order valence-corrected chi connectivity index (χ3v) is 6.14. The first kappa shape index (κ1) is 19.5. The lowest BCUT2D eigenvalue weighted by Crippen LogP contribution is -2.53. The average Bonchev–Trinajstić information content (AvgIpc) is 2.73. The summed E-state index contributed by atoms with van der Waals surface area (Å²) in [5.74, 6) is 0.219. The number of amides is 1. The zero-order chi connectivity index (χ0) is 20.3. The van der Waals surface area contributed by atoms with Crippen LogP contribution < -0.4 is 0 Å². The number of hydrogen-bond donors (Lipinski definition) is 0. The molecule has 2 aliphatic heterocycles. The number of rotatable bonds is 4. The van der Waals surface area contributed by atoms with Gasteiger partial charge in [-0.2, -0.15) is 5.26 Å². The Bertz CT molecular complexity index is 920. The fourth-order valence-corrected chi connectivity index (χ4v) is 4.72. The first-order valence-corrected chi connectivity index (χ1v) is 10.3. The topological polar surface area (TPSA) is 73.1 Å². The summed E-state index contributed by atoms with van der Waals surface area (Å²) in [6, 6.07) is 10.1. The number of carbonyl (C=O) groups is 1. The Labute approximate surface area is 172 Å². The minimum absolute atomic E-state index is 0.150. The van der Waals surface area contributed by atoms with E-state index in [4.69, 9.17) is 5.26 Å². The summed E-state index contributed by atoms with van der Waals surface area (Å²) in [6.45, 7) is 6.16. The Balaban J connectivity index is 1.44. The van der Waals surface area contributed by atoms with E-state index in [0.29, 0.717) is 18.5 Å². The maximum atomic E-state index is 12.6. The van der Waals surface area contributed by atoms with E-state index in [1.807, 2.05) is 30.0 Å². The molecule has 0 aliphatic carbocycles. The Hall–Kier alpha value is -2.78. The van der Waals surface area contributed by atoms with Gasteiger partial charge in [0, 0.05) is 37.7 Å². The monoisotopic (exact) mass is 389 g/mol. The van der Waals surface area contributed by atoms with Gasteiger partial charge in [-0.05, 0) is 50.4 Å². The van der Waals surface area contributed by atoms with Crippen LogP contribution in [-0.2, 0) is 17.9 Å². The van der Waals surface area contributed by atoms with Gasteiger partial charge in [0.25, 0.3) is 0 Å². The van der Waals surface area contributed by atoms with Crippen molar-refractivity contribution in [2.24, 2.45) is 5.41 Å². The highest BCUT2D eigenvalue weighted by molar-refractivity contribution is 5.77. The van der Waals surface area contributed by atoms with Crippen LogP contribution in [0.2, 0.25) is 0 Å². The van der Waals surface area contributed by atoms with Crippen LogP contribution in [0.3, 0.4) is 0 Å². The van der Waals surface area contributed by atoms with Crippen LogP contribution in [0.25, 0.3) is 0 Å². The number of nitrogens with zero attached hydrogens (tertiary/aromatic N) is 5. The predicted octanol–water partition coefficient (Wildman–Crippen LogP) is 3.06. The molecule has 3 heterocycles. The van der Waals surface area contributed by atoms with Gasteiger partial charge >= 0.3 is 0 Å². The van der Waals surface area contributed by atoms with Gasteiger partial charge in [0.05, 0.1) is 35.8 Å². The number of piperidine rings is 2. The van der Waals surface area contributed by atoms with Crippen LogP contribution in [-0.4, -0.2) is 45.3 Å². The van der Waals surface area contributed by atoms with E-state index in [2.05, 4.69) is 27.0 Å². The molecule has 1 aromatic carbocycles. The van der Waals surface area contributed by atoms with E-state index in [1.54, 1.807) is 12.4 Å². The highest BCUT2D eigenvalue weighted by atomic mass is 16.2. The summed E-state index contributed by atoms with van der Waals surface area (Å²) in [5, 5.41) is 9.15. The number of nitriles is 1. The lowest BCUT2D eigenvalue weighted by atomic mass is 9.73. The molecule has 2 aliphatic rings. The van der Waals surface area contributed by atoms with Crippen molar-refractivity contribution >= 4 is 5.91 Å².